The van der Waals surface area contributed by atoms with Crippen molar-refractivity contribution < 1.29 is 23.7 Å². The van der Waals surface area contributed by atoms with Gasteiger partial charge >= 0.3 is 5.69 Å². The predicted molar refractivity (Wildman–Crippen MR) is 124 cm³/mol. The molecule has 2 amide bonds. The topological polar surface area (TPSA) is 142 Å². The maximum Gasteiger partial charge on any atom is 0.311 e. The van der Waals surface area contributed by atoms with E-state index in [1.54, 1.807) is 29.9 Å². The molecule has 0 saturated heterocycles. The van der Waals surface area contributed by atoms with E-state index in [0.29, 0.717) is 18.8 Å². The number of aromatic nitrogens is 2. The molecule has 0 spiro atoms. The molecule has 34 heavy (non-hydrogen) atoms. The number of nitro groups is 1. The lowest BCUT2D eigenvalue weighted by Crippen LogP contribution is -2.28. The van der Waals surface area contributed by atoms with Crippen LogP contribution in [0, 0.1) is 23.0 Å². The van der Waals surface area contributed by atoms with Gasteiger partial charge in [-0.3, -0.25) is 24.4 Å². The van der Waals surface area contributed by atoms with E-state index >= 15 is 0 Å². The summed E-state index contributed by atoms with van der Waals surface area (Å²) in [5.41, 5.74) is 0.954. The number of nitrogens with zero attached hydrogens (tertiary/aromatic N) is 3. The molecule has 180 valence electrons. The maximum absolute atomic E-state index is 12.7. The molecule has 0 saturated carbocycles. The highest BCUT2D eigenvalue weighted by Crippen LogP contribution is 2.28. The van der Waals surface area contributed by atoms with E-state index in [0.717, 1.165) is 5.56 Å². The number of benzene rings is 1. The summed E-state index contributed by atoms with van der Waals surface area (Å²) in [6.45, 7) is 8.46. The van der Waals surface area contributed by atoms with Crippen molar-refractivity contribution >= 4 is 23.2 Å². The second-order valence-electron chi connectivity index (χ2n) is 8.09. The number of nitrogens with one attached hydrogen (secondary N) is 2. The molecule has 0 aliphatic rings. The van der Waals surface area contributed by atoms with Crippen molar-refractivity contribution in [3.8, 4) is 5.75 Å². The Labute approximate surface area is 196 Å². The summed E-state index contributed by atoms with van der Waals surface area (Å²) in [4.78, 5) is 35.9. The molecule has 3 aromatic rings. The zero-order chi connectivity index (χ0) is 24.8. The van der Waals surface area contributed by atoms with Crippen LogP contribution in [0.1, 0.15) is 53.1 Å². The Kier molecular flexibility index (Phi) is 7.67. The van der Waals surface area contributed by atoms with Crippen LogP contribution in [0.3, 0.4) is 0 Å². The van der Waals surface area contributed by atoms with E-state index in [9.17, 15) is 19.7 Å². The number of hydrogen-bond donors (Lipinski definition) is 2. The van der Waals surface area contributed by atoms with Crippen LogP contribution in [0.2, 0.25) is 0 Å². The van der Waals surface area contributed by atoms with E-state index < -0.39 is 10.8 Å². The summed E-state index contributed by atoms with van der Waals surface area (Å²) in [6.07, 6.45) is 1.58. The standard InChI is InChI=1S/C23H27N5O6/c1-5-27-12-17(21(26-27)23(30)24-11-14(2)3)25-22(29)20-9-7-16(34-20)13-33-19-8-6-15(4)10-18(19)28(31)32/h6-10,12,14H,5,11,13H2,1-4H3,(H,24,30)(H,25,29). The van der Waals surface area contributed by atoms with Gasteiger partial charge in [0, 0.05) is 25.4 Å². The molecule has 0 unspecified atom stereocenters. The fraction of sp³-hybridized carbons (Fsp3) is 0.348. The summed E-state index contributed by atoms with van der Waals surface area (Å²) in [7, 11) is 0. The number of nitro benzene ring substituents is 1. The normalized spacial score (nSPS) is 10.9. The van der Waals surface area contributed by atoms with Crippen LogP contribution in [-0.2, 0) is 13.2 Å². The lowest BCUT2D eigenvalue weighted by molar-refractivity contribution is -0.386. The Morgan fingerprint density at radius 3 is 2.68 bits per heavy atom. The SMILES string of the molecule is CCn1cc(NC(=O)c2ccc(COc3ccc(C)cc3[N+](=O)[O-])o2)c(C(=O)NCC(C)C)n1. The molecular formula is C23H27N5O6. The van der Waals surface area contributed by atoms with Crippen molar-refractivity contribution in [3.63, 3.8) is 0 Å². The minimum Gasteiger partial charge on any atom is -0.479 e. The number of rotatable bonds is 10. The Morgan fingerprint density at radius 1 is 1.24 bits per heavy atom. The number of amides is 2. The number of furan rings is 1. The molecule has 11 nitrogen and oxygen atoms in total. The summed E-state index contributed by atoms with van der Waals surface area (Å²) in [5, 5.41) is 20.9. The maximum atomic E-state index is 12.7. The highest BCUT2D eigenvalue weighted by molar-refractivity contribution is 6.07. The first-order valence-electron chi connectivity index (χ1n) is 10.8. The fourth-order valence-electron chi connectivity index (χ4n) is 3.03. The lowest BCUT2D eigenvalue weighted by Gasteiger charge is -2.07. The number of carbonyl (C=O) groups is 2. The summed E-state index contributed by atoms with van der Waals surface area (Å²) in [5.74, 6) is -0.290. The summed E-state index contributed by atoms with van der Waals surface area (Å²) >= 11 is 0. The molecule has 2 aromatic heterocycles. The van der Waals surface area contributed by atoms with E-state index in [4.69, 9.17) is 9.15 Å². The van der Waals surface area contributed by atoms with Gasteiger partial charge in [-0.1, -0.05) is 19.9 Å². The van der Waals surface area contributed by atoms with Crippen LogP contribution >= 0.6 is 0 Å². The number of hydrogen-bond acceptors (Lipinski definition) is 7. The molecule has 0 radical (unpaired) electrons. The van der Waals surface area contributed by atoms with Crippen LogP contribution in [-0.4, -0.2) is 33.1 Å². The molecular weight excluding hydrogens is 442 g/mol. The van der Waals surface area contributed by atoms with Gasteiger partial charge < -0.3 is 19.8 Å². The zero-order valence-electron chi connectivity index (χ0n) is 19.5. The molecule has 2 heterocycles. The van der Waals surface area contributed by atoms with Crippen LogP contribution in [0.4, 0.5) is 11.4 Å². The number of carbonyl (C=O) groups excluding carboxylic acids is 2. The average Bonchev–Trinajstić information content (AvgIpc) is 3.43. The highest BCUT2D eigenvalue weighted by atomic mass is 16.6. The Bertz CT molecular complexity index is 1200. The minimum atomic E-state index is -0.568. The zero-order valence-corrected chi connectivity index (χ0v) is 19.5. The molecule has 3 rings (SSSR count). The monoisotopic (exact) mass is 469 g/mol. The van der Waals surface area contributed by atoms with Crippen molar-refractivity contribution in [2.24, 2.45) is 5.92 Å². The lowest BCUT2D eigenvalue weighted by atomic mass is 10.2. The molecule has 0 aliphatic carbocycles. The summed E-state index contributed by atoms with van der Waals surface area (Å²) in [6, 6.07) is 7.64. The van der Waals surface area contributed by atoms with Crippen molar-refractivity contribution in [1.29, 1.82) is 0 Å². The van der Waals surface area contributed by atoms with Gasteiger partial charge in [-0.2, -0.15) is 5.10 Å². The Morgan fingerprint density at radius 2 is 2.00 bits per heavy atom. The second-order valence-corrected chi connectivity index (χ2v) is 8.09. The van der Waals surface area contributed by atoms with Gasteiger partial charge in [0.2, 0.25) is 0 Å². The van der Waals surface area contributed by atoms with Crippen molar-refractivity contribution in [3.05, 3.63) is 69.4 Å². The average molecular weight is 469 g/mol. The molecule has 0 bridgehead atoms. The third-order valence-electron chi connectivity index (χ3n) is 4.79. The number of anilines is 1. The molecule has 11 heteroatoms. The van der Waals surface area contributed by atoms with Gasteiger partial charge in [0.05, 0.1) is 10.6 Å². The van der Waals surface area contributed by atoms with Gasteiger partial charge in [-0.25, -0.2) is 0 Å². The van der Waals surface area contributed by atoms with Gasteiger partial charge in [-0.15, -0.1) is 0 Å². The van der Waals surface area contributed by atoms with Gasteiger partial charge in [-0.05, 0) is 43.5 Å². The van der Waals surface area contributed by atoms with E-state index in [1.165, 1.54) is 18.2 Å². The molecule has 0 atom stereocenters. The van der Waals surface area contributed by atoms with Crippen molar-refractivity contribution in [1.82, 2.24) is 15.1 Å². The highest BCUT2D eigenvalue weighted by Gasteiger charge is 2.21. The first-order valence-corrected chi connectivity index (χ1v) is 10.8. The van der Waals surface area contributed by atoms with Crippen LogP contribution in [0.15, 0.2) is 40.9 Å². The third kappa shape index (κ3) is 6.00. The molecule has 0 fully saturated rings. The van der Waals surface area contributed by atoms with Crippen LogP contribution in [0.5, 0.6) is 5.75 Å². The van der Waals surface area contributed by atoms with E-state index in [-0.39, 0.29) is 47.0 Å². The predicted octanol–water partition coefficient (Wildman–Crippen LogP) is 3.93. The van der Waals surface area contributed by atoms with Gasteiger partial charge in [0.15, 0.2) is 17.2 Å². The minimum absolute atomic E-state index is 0.00482. The number of ether oxygens (including phenoxy) is 1. The molecule has 0 aliphatic heterocycles. The fourth-order valence-corrected chi connectivity index (χ4v) is 3.03. The Balaban J connectivity index is 1.69. The molecule has 1 aromatic carbocycles. The van der Waals surface area contributed by atoms with E-state index in [1.807, 2.05) is 20.8 Å². The smallest absolute Gasteiger partial charge is 0.311 e. The van der Waals surface area contributed by atoms with Crippen LogP contribution < -0.4 is 15.4 Å². The first-order chi connectivity index (χ1) is 16.2. The van der Waals surface area contributed by atoms with Crippen LogP contribution in [0.25, 0.3) is 0 Å². The third-order valence-corrected chi connectivity index (χ3v) is 4.79. The largest absolute Gasteiger partial charge is 0.479 e. The Hall–Kier alpha value is -4.15. The van der Waals surface area contributed by atoms with Crippen molar-refractivity contribution in [2.75, 3.05) is 11.9 Å². The quantitative estimate of drug-likeness (QED) is 0.338. The van der Waals surface area contributed by atoms with Gasteiger partial charge in [0.1, 0.15) is 12.4 Å². The van der Waals surface area contributed by atoms with E-state index in [2.05, 4.69) is 15.7 Å². The number of aryl methyl sites for hydroxylation is 2. The molecule has 2 N–H and O–H groups in total. The summed E-state index contributed by atoms with van der Waals surface area (Å²) < 4.78 is 12.6. The first kappa shape index (κ1) is 24.5. The van der Waals surface area contributed by atoms with Gasteiger partial charge in [0.25, 0.3) is 11.8 Å². The second kappa shape index (κ2) is 10.6. The van der Waals surface area contributed by atoms with Crippen molar-refractivity contribution in [2.45, 2.75) is 40.8 Å².